The lowest BCUT2D eigenvalue weighted by molar-refractivity contribution is -0.389. The average molecular weight is 280 g/mol. The molecule has 1 aromatic carbocycles. The minimum Gasteiger partial charge on any atom is -0.299 e. The van der Waals surface area contributed by atoms with Crippen LogP contribution in [-0.4, -0.2) is 21.4 Å². The number of nitro benzene ring substituents is 2. The first kappa shape index (κ1) is 15.4. The second-order valence-electron chi connectivity index (χ2n) is 4.10. The van der Waals surface area contributed by atoms with Crippen molar-refractivity contribution in [1.82, 2.24) is 0 Å². The van der Waals surface area contributed by atoms with E-state index in [2.05, 4.69) is 0 Å². The van der Waals surface area contributed by atoms with E-state index in [1.165, 1.54) is 0 Å². The number of carbonyl (C=O) groups is 2. The first-order chi connectivity index (χ1) is 9.36. The molecule has 0 fully saturated rings. The van der Waals surface area contributed by atoms with Crippen LogP contribution in [-0.2, 0) is 4.79 Å². The number of ketones is 2. The summed E-state index contributed by atoms with van der Waals surface area (Å²) in [7, 11) is 0. The SMILES string of the molecule is CCCC(=O)CC(=O)c1cc([N+](=O)[O-])ccc1[N+](=O)[O-]. The molecule has 1 rings (SSSR count). The van der Waals surface area contributed by atoms with Gasteiger partial charge in [0.1, 0.15) is 11.3 Å². The van der Waals surface area contributed by atoms with Gasteiger partial charge in [-0.05, 0) is 6.42 Å². The molecule has 20 heavy (non-hydrogen) atoms. The van der Waals surface area contributed by atoms with E-state index in [1.54, 1.807) is 6.92 Å². The van der Waals surface area contributed by atoms with Crippen LogP contribution in [0.3, 0.4) is 0 Å². The Hall–Kier alpha value is -2.64. The lowest BCUT2D eigenvalue weighted by atomic mass is 10.0. The summed E-state index contributed by atoms with van der Waals surface area (Å²) < 4.78 is 0. The van der Waals surface area contributed by atoms with Crippen molar-refractivity contribution in [2.24, 2.45) is 0 Å². The first-order valence-electron chi connectivity index (χ1n) is 5.84. The quantitative estimate of drug-likeness (QED) is 0.327. The summed E-state index contributed by atoms with van der Waals surface area (Å²) in [5, 5.41) is 21.5. The van der Waals surface area contributed by atoms with Gasteiger partial charge in [0.15, 0.2) is 5.78 Å². The van der Waals surface area contributed by atoms with E-state index in [-0.39, 0.29) is 12.2 Å². The fraction of sp³-hybridized carbons (Fsp3) is 0.333. The van der Waals surface area contributed by atoms with Gasteiger partial charge in [-0.15, -0.1) is 0 Å². The van der Waals surface area contributed by atoms with Crippen LogP contribution in [0.2, 0.25) is 0 Å². The molecule has 0 radical (unpaired) electrons. The van der Waals surface area contributed by atoms with E-state index in [4.69, 9.17) is 0 Å². The van der Waals surface area contributed by atoms with Crippen molar-refractivity contribution >= 4 is 22.9 Å². The molecule has 0 atom stereocenters. The number of non-ortho nitro benzene ring substituents is 1. The van der Waals surface area contributed by atoms with Crippen LogP contribution < -0.4 is 0 Å². The van der Waals surface area contributed by atoms with Gasteiger partial charge in [0.05, 0.1) is 16.3 Å². The molecule has 0 aliphatic carbocycles. The predicted octanol–water partition coefficient (Wildman–Crippen LogP) is 2.45. The van der Waals surface area contributed by atoms with E-state index < -0.39 is 39.0 Å². The Morgan fingerprint density at radius 1 is 1.15 bits per heavy atom. The van der Waals surface area contributed by atoms with Crippen LogP contribution >= 0.6 is 0 Å². The lowest BCUT2D eigenvalue weighted by Crippen LogP contribution is -2.10. The maximum Gasteiger partial charge on any atom is 0.280 e. The van der Waals surface area contributed by atoms with Crippen molar-refractivity contribution < 1.29 is 19.4 Å². The van der Waals surface area contributed by atoms with Gasteiger partial charge >= 0.3 is 0 Å². The third-order valence-corrected chi connectivity index (χ3v) is 2.57. The maximum atomic E-state index is 11.9. The van der Waals surface area contributed by atoms with Gasteiger partial charge in [-0.3, -0.25) is 29.8 Å². The largest absolute Gasteiger partial charge is 0.299 e. The van der Waals surface area contributed by atoms with E-state index in [0.29, 0.717) is 6.42 Å². The third-order valence-electron chi connectivity index (χ3n) is 2.57. The zero-order chi connectivity index (χ0) is 15.3. The fourth-order valence-corrected chi connectivity index (χ4v) is 1.66. The summed E-state index contributed by atoms with van der Waals surface area (Å²) in [5.74, 6) is -1.13. The molecule has 0 unspecified atom stereocenters. The van der Waals surface area contributed by atoms with E-state index in [9.17, 15) is 29.8 Å². The fourth-order valence-electron chi connectivity index (χ4n) is 1.66. The molecule has 0 heterocycles. The van der Waals surface area contributed by atoms with Crippen molar-refractivity contribution in [2.45, 2.75) is 26.2 Å². The average Bonchev–Trinajstić information content (AvgIpc) is 2.37. The molecule has 0 spiro atoms. The van der Waals surface area contributed by atoms with Gasteiger partial charge in [0.2, 0.25) is 0 Å². The number of nitrogens with zero attached hydrogens (tertiary/aromatic N) is 2. The third kappa shape index (κ3) is 3.67. The second-order valence-corrected chi connectivity index (χ2v) is 4.10. The van der Waals surface area contributed by atoms with Crippen molar-refractivity contribution in [3.63, 3.8) is 0 Å². The van der Waals surface area contributed by atoms with E-state index in [1.807, 2.05) is 0 Å². The topological polar surface area (TPSA) is 120 Å². The van der Waals surface area contributed by atoms with Crippen LogP contribution in [0.15, 0.2) is 18.2 Å². The molecule has 0 saturated carbocycles. The highest BCUT2D eigenvalue weighted by Gasteiger charge is 2.24. The number of benzene rings is 1. The molecule has 0 aromatic heterocycles. The second kappa shape index (κ2) is 6.50. The zero-order valence-electron chi connectivity index (χ0n) is 10.7. The Labute approximate surface area is 113 Å². The van der Waals surface area contributed by atoms with E-state index in [0.717, 1.165) is 18.2 Å². The minimum absolute atomic E-state index is 0.189. The Morgan fingerprint density at radius 2 is 1.80 bits per heavy atom. The highest BCUT2D eigenvalue weighted by atomic mass is 16.6. The minimum atomic E-state index is -0.804. The number of Topliss-reactive ketones (excluding diaryl/α,β-unsaturated/α-hetero) is 2. The van der Waals surface area contributed by atoms with Gasteiger partial charge in [0, 0.05) is 24.6 Å². The Morgan fingerprint density at radius 3 is 2.30 bits per heavy atom. The van der Waals surface area contributed by atoms with E-state index >= 15 is 0 Å². The number of hydrogen-bond donors (Lipinski definition) is 0. The molecule has 1 aromatic rings. The summed E-state index contributed by atoms with van der Waals surface area (Å²) in [6.45, 7) is 1.76. The van der Waals surface area contributed by atoms with Crippen molar-refractivity contribution in [3.05, 3.63) is 44.0 Å². The molecule has 0 bridgehead atoms. The molecule has 0 aliphatic rings. The molecule has 0 N–H and O–H groups in total. The van der Waals surface area contributed by atoms with Gasteiger partial charge in [-0.1, -0.05) is 6.92 Å². The van der Waals surface area contributed by atoms with Gasteiger partial charge in [-0.2, -0.15) is 0 Å². The molecule has 0 amide bonds. The van der Waals surface area contributed by atoms with Crippen LogP contribution in [0.25, 0.3) is 0 Å². The van der Waals surface area contributed by atoms with Crippen LogP contribution in [0.1, 0.15) is 36.5 Å². The van der Waals surface area contributed by atoms with Gasteiger partial charge in [0.25, 0.3) is 11.4 Å². The molecule has 8 heteroatoms. The number of rotatable bonds is 7. The highest BCUT2D eigenvalue weighted by molar-refractivity contribution is 6.10. The van der Waals surface area contributed by atoms with Crippen LogP contribution in [0.5, 0.6) is 0 Å². The summed E-state index contributed by atoms with van der Waals surface area (Å²) in [6, 6.07) is 2.68. The lowest BCUT2D eigenvalue weighted by Gasteiger charge is -2.02. The predicted molar refractivity (Wildman–Crippen MR) is 68.6 cm³/mol. The van der Waals surface area contributed by atoms with Gasteiger partial charge < -0.3 is 0 Å². The number of nitro groups is 2. The summed E-state index contributed by atoms with van der Waals surface area (Å²) in [4.78, 5) is 43.2. The van der Waals surface area contributed by atoms with Crippen LogP contribution in [0, 0.1) is 20.2 Å². The summed E-state index contributed by atoms with van der Waals surface area (Å²) >= 11 is 0. The Balaban J connectivity index is 3.15. The molecule has 8 nitrogen and oxygen atoms in total. The smallest absolute Gasteiger partial charge is 0.280 e. The monoisotopic (exact) mass is 280 g/mol. The zero-order valence-corrected chi connectivity index (χ0v) is 10.7. The summed E-state index contributed by atoms with van der Waals surface area (Å²) in [5.41, 5.74) is -1.37. The number of carbonyl (C=O) groups excluding carboxylic acids is 2. The van der Waals surface area contributed by atoms with Crippen molar-refractivity contribution in [1.29, 1.82) is 0 Å². The molecular formula is C12H12N2O6. The highest BCUT2D eigenvalue weighted by Crippen LogP contribution is 2.25. The first-order valence-corrected chi connectivity index (χ1v) is 5.84. The Bertz CT molecular complexity index is 581. The summed E-state index contributed by atoms with van der Waals surface area (Å²) in [6.07, 6.45) is 0.257. The molecule has 0 saturated heterocycles. The van der Waals surface area contributed by atoms with Crippen LogP contribution in [0.4, 0.5) is 11.4 Å². The molecule has 0 aliphatic heterocycles. The maximum absolute atomic E-state index is 11.9. The van der Waals surface area contributed by atoms with Gasteiger partial charge in [-0.25, -0.2) is 0 Å². The normalized spacial score (nSPS) is 10.1. The molecule has 106 valence electrons. The van der Waals surface area contributed by atoms with Crippen molar-refractivity contribution in [3.8, 4) is 0 Å². The number of hydrogen-bond acceptors (Lipinski definition) is 6. The Kier molecular flexibility index (Phi) is 5.01. The standard InChI is InChI=1S/C12H12N2O6/c1-2-3-9(15)7-12(16)10-6-8(13(17)18)4-5-11(10)14(19)20/h4-6H,2-3,7H2,1H3. The van der Waals surface area contributed by atoms with Crippen molar-refractivity contribution in [2.75, 3.05) is 0 Å². The molecular weight excluding hydrogens is 268 g/mol.